The van der Waals surface area contributed by atoms with E-state index in [9.17, 15) is 23.6 Å². The minimum absolute atomic E-state index is 0.00182. The van der Waals surface area contributed by atoms with Crippen molar-refractivity contribution < 1.29 is 52.0 Å². The van der Waals surface area contributed by atoms with Gasteiger partial charge in [0.1, 0.15) is 18.2 Å². The Bertz CT molecular complexity index is 1740. The lowest BCUT2D eigenvalue weighted by molar-refractivity contribution is -0.120. The third kappa shape index (κ3) is 14.9. The first kappa shape index (κ1) is 44.9. The van der Waals surface area contributed by atoms with Crippen molar-refractivity contribution in [2.45, 2.75) is 52.4 Å². The second-order valence-corrected chi connectivity index (χ2v) is 14.4. The highest BCUT2D eigenvalue weighted by atomic mass is 35.5. The highest BCUT2D eigenvalue weighted by molar-refractivity contribution is 6.31. The molecule has 4 atom stereocenters. The van der Waals surface area contributed by atoms with Crippen LogP contribution >= 0.6 is 23.2 Å². The molecule has 13 nitrogen and oxygen atoms in total. The zero-order valence-corrected chi connectivity index (χ0v) is 33.1. The van der Waals surface area contributed by atoms with Crippen molar-refractivity contribution in [1.82, 2.24) is 5.32 Å². The summed E-state index contributed by atoms with van der Waals surface area (Å²) in [6.07, 6.45) is -0.821. The Balaban J connectivity index is 0.000000296. The van der Waals surface area contributed by atoms with E-state index in [-0.39, 0.29) is 58.7 Å². The fourth-order valence-electron chi connectivity index (χ4n) is 5.74. The number of ether oxygens (including phenoxy) is 6. The molecule has 1 aliphatic rings. The number of halogens is 3. The molecule has 300 valence electrons. The maximum atomic E-state index is 13.4. The van der Waals surface area contributed by atoms with Crippen LogP contribution in [0.25, 0.3) is 0 Å². The van der Waals surface area contributed by atoms with Crippen LogP contribution < -0.4 is 20.7 Å². The average Bonchev–Trinajstić information content (AvgIpc) is 3.54. The summed E-state index contributed by atoms with van der Waals surface area (Å²) in [7, 11) is 2.94. The lowest BCUT2D eigenvalue weighted by Gasteiger charge is -2.29. The predicted octanol–water partition coefficient (Wildman–Crippen LogP) is 7.46. The number of anilines is 2. The van der Waals surface area contributed by atoms with E-state index < -0.39 is 24.2 Å². The summed E-state index contributed by atoms with van der Waals surface area (Å²) in [6, 6.07) is 16.2. The van der Waals surface area contributed by atoms with Gasteiger partial charge in [0.05, 0.1) is 49.1 Å². The van der Waals surface area contributed by atoms with Gasteiger partial charge in [0.25, 0.3) is 0 Å². The molecule has 2 amide bonds. The van der Waals surface area contributed by atoms with Crippen molar-refractivity contribution in [3.8, 4) is 5.75 Å². The van der Waals surface area contributed by atoms with Crippen molar-refractivity contribution in [3.05, 3.63) is 87.7 Å². The first-order chi connectivity index (χ1) is 26.1. The molecule has 0 radical (unpaired) electrons. The van der Waals surface area contributed by atoms with Crippen molar-refractivity contribution in [1.29, 1.82) is 0 Å². The maximum Gasteiger partial charge on any atom is 0.511 e. The number of esters is 1. The smallest absolute Gasteiger partial charge is 0.495 e. The van der Waals surface area contributed by atoms with E-state index in [1.807, 2.05) is 24.3 Å². The molecule has 0 saturated carbocycles. The number of carbonyl (C=O) groups is 4. The van der Waals surface area contributed by atoms with Crippen LogP contribution in [-0.4, -0.2) is 84.0 Å². The molecule has 0 spiro atoms. The Morgan fingerprint density at radius 2 is 1.73 bits per heavy atom. The van der Waals surface area contributed by atoms with Gasteiger partial charge in [0.15, 0.2) is 0 Å². The molecule has 1 aliphatic heterocycles. The van der Waals surface area contributed by atoms with Crippen LogP contribution in [0.1, 0.15) is 56.0 Å². The van der Waals surface area contributed by atoms with E-state index in [1.165, 1.54) is 50.4 Å². The Hall–Kier alpha value is -4.47. The molecule has 3 aromatic rings. The number of carbonyl (C=O) groups excluding carboxylic acids is 4. The number of nitrogens with one attached hydrogen (secondary N) is 3. The van der Waals surface area contributed by atoms with Gasteiger partial charge >= 0.3 is 12.1 Å². The Morgan fingerprint density at radius 1 is 0.982 bits per heavy atom. The van der Waals surface area contributed by atoms with Crippen LogP contribution in [0.3, 0.4) is 0 Å². The van der Waals surface area contributed by atoms with E-state index in [2.05, 4.69) is 36.7 Å². The molecular weight excluding hydrogens is 760 g/mol. The standard InChI is InChI=1S/C22H25Cl2FN2O.C17H23NO9/c1-22(2,3)11-19-20(16(12-26-19)13-5-4-6-14(23)9-13)21(28)27-15-7-8-18(25)17(24)10-15;1-12(27-17(21)25-9-8-24-7-6-22-2)26-16(20)13-4-5-14(18-11-19)15(10-13)23-3/h4-10,16,19-20,26H,11-12H2,1-3H3,(H,27,28);4-5,10-12H,6-9H2,1-3H3,(H,18,19). The lowest BCUT2D eigenvalue weighted by Crippen LogP contribution is -2.38. The van der Waals surface area contributed by atoms with E-state index >= 15 is 0 Å². The highest BCUT2D eigenvalue weighted by Gasteiger charge is 2.43. The van der Waals surface area contributed by atoms with Gasteiger partial charge in [-0.1, -0.05) is 56.1 Å². The summed E-state index contributed by atoms with van der Waals surface area (Å²) in [5, 5.41) is 9.52. The van der Waals surface area contributed by atoms with Gasteiger partial charge in [0, 0.05) is 43.2 Å². The molecule has 0 bridgehead atoms. The normalized spacial score (nSPS) is 16.9. The molecule has 16 heteroatoms. The molecule has 1 fully saturated rings. The van der Waals surface area contributed by atoms with Gasteiger partial charge in [-0.15, -0.1) is 0 Å². The summed E-state index contributed by atoms with van der Waals surface area (Å²) in [5.74, 6) is -1.35. The summed E-state index contributed by atoms with van der Waals surface area (Å²) in [5.41, 5.74) is 2.14. The average molecular weight is 809 g/mol. The number of amides is 2. The number of hydrogen-bond donors (Lipinski definition) is 3. The quantitative estimate of drug-likeness (QED) is 0.0571. The van der Waals surface area contributed by atoms with E-state index in [1.54, 1.807) is 7.11 Å². The van der Waals surface area contributed by atoms with Crippen molar-refractivity contribution in [2.24, 2.45) is 11.3 Å². The van der Waals surface area contributed by atoms with Crippen molar-refractivity contribution >= 4 is 59.0 Å². The van der Waals surface area contributed by atoms with E-state index in [0.717, 1.165) is 12.0 Å². The Labute approximate surface area is 330 Å². The van der Waals surface area contributed by atoms with Crippen LogP contribution in [0, 0.1) is 17.2 Å². The fraction of sp³-hybridized carbons (Fsp3) is 0.436. The van der Waals surface area contributed by atoms with Crippen LogP contribution in [0.2, 0.25) is 10.0 Å². The third-order valence-corrected chi connectivity index (χ3v) is 8.66. The Morgan fingerprint density at radius 3 is 2.38 bits per heavy atom. The zero-order valence-electron chi connectivity index (χ0n) is 31.6. The number of benzene rings is 3. The molecule has 4 unspecified atom stereocenters. The van der Waals surface area contributed by atoms with Gasteiger partial charge in [-0.25, -0.2) is 14.0 Å². The summed E-state index contributed by atoms with van der Waals surface area (Å²) < 4.78 is 43.0. The molecule has 0 aromatic heterocycles. The molecule has 1 heterocycles. The van der Waals surface area contributed by atoms with Crippen LogP contribution in [0.15, 0.2) is 60.7 Å². The summed E-state index contributed by atoms with van der Waals surface area (Å²) >= 11 is 12.0. The van der Waals surface area contributed by atoms with Gasteiger partial charge in [-0.05, 0) is 65.9 Å². The molecule has 55 heavy (non-hydrogen) atoms. The van der Waals surface area contributed by atoms with Gasteiger partial charge in [-0.3, -0.25) is 9.59 Å². The van der Waals surface area contributed by atoms with E-state index in [4.69, 9.17) is 51.6 Å². The van der Waals surface area contributed by atoms with Gasteiger partial charge < -0.3 is 44.4 Å². The third-order valence-electron chi connectivity index (χ3n) is 8.13. The number of methoxy groups -OCH3 is 2. The minimum Gasteiger partial charge on any atom is -0.495 e. The van der Waals surface area contributed by atoms with E-state index in [0.29, 0.717) is 42.6 Å². The van der Waals surface area contributed by atoms with Crippen LogP contribution in [0.4, 0.5) is 20.6 Å². The second-order valence-electron chi connectivity index (χ2n) is 13.6. The zero-order chi connectivity index (χ0) is 40.5. The van der Waals surface area contributed by atoms with Gasteiger partial charge in [0.2, 0.25) is 18.6 Å². The van der Waals surface area contributed by atoms with Crippen LogP contribution in [0.5, 0.6) is 5.75 Å². The first-order valence-corrected chi connectivity index (χ1v) is 18.1. The molecule has 4 rings (SSSR count). The molecule has 3 N–H and O–H groups in total. The largest absolute Gasteiger partial charge is 0.511 e. The second kappa shape index (κ2) is 22.2. The maximum absolute atomic E-state index is 13.4. The topological polar surface area (TPSA) is 160 Å². The lowest BCUT2D eigenvalue weighted by atomic mass is 9.78. The Kier molecular flexibility index (Phi) is 18.1. The number of hydrogen-bond acceptors (Lipinski definition) is 11. The van der Waals surface area contributed by atoms with Crippen molar-refractivity contribution in [2.75, 3.05) is 57.8 Å². The molecular formula is C39H48Cl2FN3O10. The first-order valence-electron chi connectivity index (χ1n) is 17.4. The number of rotatable bonds is 16. The molecule has 3 aromatic carbocycles. The SMILES string of the molecule is CC(C)(C)CC1NCC(c2cccc(Cl)c2)C1C(=O)Nc1ccc(F)c(Cl)c1.COCCOCCOC(=O)OC(C)OC(=O)c1ccc(NC=O)c(OC)c1. The fourth-order valence-corrected chi connectivity index (χ4v) is 6.12. The van der Waals surface area contributed by atoms with Gasteiger partial charge in [-0.2, -0.15) is 0 Å². The predicted molar refractivity (Wildman–Crippen MR) is 206 cm³/mol. The highest BCUT2D eigenvalue weighted by Crippen LogP contribution is 2.38. The molecule has 1 saturated heterocycles. The van der Waals surface area contributed by atoms with Crippen molar-refractivity contribution in [3.63, 3.8) is 0 Å². The monoisotopic (exact) mass is 807 g/mol. The van der Waals surface area contributed by atoms with Crippen LogP contribution in [-0.2, 0) is 33.3 Å². The molecule has 0 aliphatic carbocycles. The minimum atomic E-state index is -1.17. The summed E-state index contributed by atoms with van der Waals surface area (Å²) in [6.45, 7) is 9.56. The summed E-state index contributed by atoms with van der Waals surface area (Å²) in [4.78, 5) is 47.4.